The van der Waals surface area contributed by atoms with Gasteiger partial charge in [0.1, 0.15) is 17.2 Å². The van der Waals surface area contributed by atoms with Crippen molar-refractivity contribution in [1.29, 1.82) is 0 Å². The van der Waals surface area contributed by atoms with Gasteiger partial charge in [-0.05, 0) is 32.9 Å². The van der Waals surface area contributed by atoms with Crippen LogP contribution in [-0.2, 0) is 6.54 Å². The fourth-order valence-corrected chi connectivity index (χ4v) is 3.03. The molecule has 1 unspecified atom stereocenters. The number of hydrogen-bond donors (Lipinski definition) is 1. The van der Waals surface area contributed by atoms with Crippen LogP contribution in [0.4, 0.5) is 4.39 Å². The van der Waals surface area contributed by atoms with Crippen LogP contribution in [0.5, 0.6) is 5.75 Å². The van der Waals surface area contributed by atoms with E-state index in [-0.39, 0.29) is 17.5 Å². The number of hydrogen-bond acceptors (Lipinski definition) is 2. The summed E-state index contributed by atoms with van der Waals surface area (Å²) in [4.78, 5) is 0. The van der Waals surface area contributed by atoms with Gasteiger partial charge in [-0.25, -0.2) is 4.39 Å². The van der Waals surface area contributed by atoms with Crippen LogP contribution in [0, 0.1) is 12.7 Å². The van der Waals surface area contributed by atoms with Gasteiger partial charge in [-0.1, -0.05) is 35.9 Å². The number of benzene rings is 2. The second-order valence-corrected chi connectivity index (χ2v) is 6.63. The third kappa shape index (κ3) is 3.14. The topological polar surface area (TPSA) is 21.3 Å². The predicted octanol–water partition coefficient (Wildman–Crippen LogP) is 4.53. The van der Waals surface area contributed by atoms with E-state index in [4.69, 9.17) is 4.74 Å². The molecule has 3 heteroatoms. The lowest BCUT2D eigenvalue weighted by atomic mass is 9.89. The summed E-state index contributed by atoms with van der Waals surface area (Å²) in [6.07, 6.45) is 0.859. The third-order valence-electron chi connectivity index (χ3n) is 4.12. The molecule has 0 spiro atoms. The molecule has 0 amide bonds. The van der Waals surface area contributed by atoms with E-state index in [0.717, 1.165) is 17.7 Å². The normalized spacial score (nSPS) is 19.4. The van der Waals surface area contributed by atoms with Crippen molar-refractivity contribution < 1.29 is 9.13 Å². The highest BCUT2D eigenvalue weighted by Gasteiger charge is 2.33. The minimum atomic E-state index is -0.227. The number of ether oxygens (including phenoxy) is 1. The number of rotatable bonds is 3. The van der Waals surface area contributed by atoms with Crippen molar-refractivity contribution in [2.45, 2.75) is 45.4 Å². The fraction of sp³-hybridized carbons (Fsp3) is 0.368. The summed E-state index contributed by atoms with van der Waals surface area (Å²) in [6.45, 7) is 6.77. The molecular weight excluding hydrogens is 277 g/mol. The SMILES string of the molecule is Cc1ccc2c(c1)C(NCc1ccccc1F)CC(C)(C)O2. The van der Waals surface area contributed by atoms with Gasteiger partial charge in [0.2, 0.25) is 0 Å². The van der Waals surface area contributed by atoms with Crippen molar-refractivity contribution in [3.05, 3.63) is 65.0 Å². The number of fused-ring (bicyclic) bond motifs is 1. The van der Waals surface area contributed by atoms with Crippen LogP contribution in [0.25, 0.3) is 0 Å². The van der Waals surface area contributed by atoms with Crippen molar-refractivity contribution in [2.75, 3.05) is 0 Å². The highest BCUT2D eigenvalue weighted by atomic mass is 19.1. The first kappa shape index (κ1) is 15.0. The van der Waals surface area contributed by atoms with Crippen LogP contribution >= 0.6 is 0 Å². The van der Waals surface area contributed by atoms with Crippen molar-refractivity contribution in [3.8, 4) is 5.75 Å². The summed E-state index contributed by atoms with van der Waals surface area (Å²) in [7, 11) is 0. The van der Waals surface area contributed by atoms with E-state index < -0.39 is 0 Å². The van der Waals surface area contributed by atoms with Crippen LogP contribution in [0.1, 0.15) is 43.0 Å². The van der Waals surface area contributed by atoms with E-state index in [1.807, 2.05) is 18.2 Å². The van der Waals surface area contributed by atoms with Gasteiger partial charge in [0.25, 0.3) is 0 Å². The van der Waals surface area contributed by atoms with E-state index >= 15 is 0 Å². The van der Waals surface area contributed by atoms with Gasteiger partial charge in [0, 0.05) is 30.1 Å². The highest BCUT2D eigenvalue weighted by Crippen LogP contribution is 2.40. The number of halogens is 1. The van der Waals surface area contributed by atoms with Gasteiger partial charge in [-0.3, -0.25) is 0 Å². The Morgan fingerprint density at radius 3 is 2.77 bits per heavy atom. The first-order valence-electron chi connectivity index (χ1n) is 7.71. The molecule has 0 bridgehead atoms. The Morgan fingerprint density at radius 2 is 2.00 bits per heavy atom. The monoisotopic (exact) mass is 299 g/mol. The molecule has 1 N–H and O–H groups in total. The molecule has 1 heterocycles. The van der Waals surface area contributed by atoms with Crippen LogP contribution in [0.2, 0.25) is 0 Å². The molecule has 0 aromatic heterocycles. The molecule has 116 valence electrons. The van der Waals surface area contributed by atoms with Crippen LogP contribution < -0.4 is 10.1 Å². The average Bonchev–Trinajstić information content (AvgIpc) is 2.46. The smallest absolute Gasteiger partial charge is 0.127 e. The molecule has 0 saturated heterocycles. The predicted molar refractivity (Wildman–Crippen MR) is 86.5 cm³/mol. The minimum Gasteiger partial charge on any atom is -0.487 e. The summed E-state index contributed by atoms with van der Waals surface area (Å²) in [5.41, 5.74) is 2.84. The van der Waals surface area contributed by atoms with E-state index in [9.17, 15) is 4.39 Å². The molecule has 2 aromatic carbocycles. The Bertz CT molecular complexity index is 681. The minimum absolute atomic E-state index is 0.161. The molecule has 2 aromatic rings. The van der Waals surface area contributed by atoms with E-state index in [1.54, 1.807) is 6.07 Å². The molecule has 1 aliphatic rings. The zero-order valence-electron chi connectivity index (χ0n) is 13.3. The van der Waals surface area contributed by atoms with Gasteiger partial charge in [0.05, 0.1) is 0 Å². The Labute approximate surface area is 131 Å². The Balaban J connectivity index is 1.84. The van der Waals surface area contributed by atoms with Gasteiger partial charge >= 0.3 is 0 Å². The lowest BCUT2D eigenvalue weighted by molar-refractivity contribution is 0.0656. The lowest BCUT2D eigenvalue weighted by Gasteiger charge is -2.38. The van der Waals surface area contributed by atoms with Crippen molar-refractivity contribution in [3.63, 3.8) is 0 Å². The second-order valence-electron chi connectivity index (χ2n) is 6.63. The van der Waals surface area contributed by atoms with Gasteiger partial charge in [0.15, 0.2) is 0 Å². The number of nitrogens with one attached hydrogen (secondary N) is 1. The van der Waals surface area contributed by atoms with Gasteiger partial charge in [-0.15, -0.1) is 0 Å². The molecule has 2 nitrogen and oxygen atoms in total. The van der Waals surface area contributed by atoms with E-state index in [1.165, 1.54) is 11.6 Å². The quantitative estimate of drug-likeness (QED) is 0.899. The number of aryl methyl sites for hydroxylation is 1. The maximum Gasteiger partial charge on any atom is 0.127 e. The van der Waals surface area contributed by atoms with E-state index in [0.29, 0.717) is 12.1 Å². The van der Waals surface area contributed by atoms with Crippen molar-refractivity contribution in [2.24, 2.45) is 0 Å². The summed E-state index contributed by atoms with van der Waals surface area (Å²) < 4.78 is 19.9. The Hall–Kier alpha value is -1.87. The lowest BCUT2D eigenvalue weighted by Crippen LogP contribution is -2.39. The molecular formula is C19H22FNO. The molecule has 0 radical (unpaired) electrons. The van der Waals surface area contributed by atoms with Crippen molar-refractivity contribution in [1.82, 2.24) is 5.32 Å². The third-order valence-corrected chi connectivity index (χ3v) is 4.12. The van der Waals surface area contributed by atoms with Crippen LogP contribution in [0.3, 0.4) is 0 Å². The standard InChI is InChI=1S/C19H22FNO/c1-13-8-9-18-15(10-13)17(11-19(2,3)22-18)21-12-14-6-4-5-7-16(14)20/h4-10,17,21H,11-12H2,1-3H3. The molecule has 0 aliphatic carbocycles. The summed E-state index contributed by atoms with van der Waals surface area (Å²) in [6, 6.07) is 13.3. The molecule has 0 saturated carbocycles. The molecule has 22 heavy (non-hydrogen) atoms. The first-order valence-corrected chi connectivity index (χ1v) is 7.71. The van der Waals surface area contributed by atoms with Crippen LogP contribution in [0.15, 0.2) is 42.5 Å². The zero-order valence-corrected chi connectivity index (χ0v) is 13.3. The van der Waals surface area contributed by atoms with Crippen LogP contribution in [-0.4, -0.2) is 5.60 Å². The maximum absolute atomic E-state index is 13.8. The van der Waals surface area contributed by atoms with Crippen molar-refractivity contribution >= 4 is 0 Å². The highest BCUT2D eigenvalue weighted by molar-refractivity contribution is 5.41. The molecule has 3 rings (SSSR count). The Kier molecular flexibility index (Phi) is 3.92. The maximum atomic E-state index is 13.8. The average molecular weight is 299 g/mol. The van der Waals surface area contributed by atoms with Gasteiger partial charge < -0.3 is 10.1 Å². The van der Waals surface area contributed by atoms with E-state index in [2.05, 4.69) is 38.2 Å². The first-order chi connectivity index (χ1) is 10.4. The van der Waals surface area contributed by atoms with Gasteiger partial charge in [-0.2, -0.15) is 0 Å². The molecule has 1 atom stereocenters. The fourth-order valence-electron chi connectivity index (χ4n) is 3.03. The summed E-state index contributed by atoms with van der Waals surface area (Å²) in [5, 5.41) is 3.50. The molecule has 1 aliphatic heterocycles. The second kappa shape index (κ2) is 5.73. The zero-order chi connectivity index (χ0) is 15.7. The largest absolute Gasteiger partial charge is 0.487 e. The molecule has 0 fully saturated rings. The Morgan fingerprint density at radius 1 is 1.23 bits per heavy atom. The summed E-state index contributed by atoms with van der Waals surface area (Å²) >= 11 is 0. The summed E-state index contributed by atoms with van der Waals surface area (Å²) in [5.74, 6) is 0.763.